The van der Waals surface area contributed by atoms with Crippen molar-refractivity contribution in [1.82, 2.24) is 0 Å². The SMILES string of the molecule is O=C1OC[C@H](Cc2ccc3c(c2)OCO3)[C@H]1[C@H](O)c1ccccc1Cl. The van der Waals surface area contributed by atoms with Crippen molar-refractivity contribution >= 4 is 17.6 Å². The molecule has 6 heteroatoms. The average molecular weight is 361 g/mol. The molecule has 0 unspecified atom stereocenters. The summed E-state index contributed by atoms with van der Waals surface area (Å²) in [5, 5.41) is 11.2. The minimum atomic E-state index is -0.997. The van der Waals surface area contributed by atoms with Crippen LogP contribution in [-0.2, 0) is 16.0 Å². The highest BCUT2D eigenvalue weighted by Crippen LogP contribution is 2.39. The van der Waals surface area contributed by atoms with E-state index >= 15 is 0 Å². The Morgan fingerprint density at radius 1 is 1.12 bits per heavy atom. The van der Waals surface area contributed by atoms with Gasteiger partial charge in [0, 0.05) is 10.9 Å². The molecule has 4 rings (SSSR count). The number of halogens is 1. The summed E-state index contributed by atoms with van der Waals surface area (Å²) in [6.45, 7) is 0.497. The molecule has 130 valence electrons. The summed E-state index contributed by atoms with van der Waals surface area (Å²) in [7, 11) is 0. The van der Waals surface area contributed by atoms with Gasteiger partial charge in [0.1, 0.15) is 0 Å². The first-order chi connectivity index (χ1) is 12.1. The normalized spacial score (nSPS) is 22.7. The molecule has 0 saturated carbocycles. The number of rotatable bonds is 4. The predicted molar refractivity (Wildman–Crippen MR) is 90.6 cm³/mol. The minimum Gasteiger partial charge on any atom is -0.465 e. The van der Waals surface area contributed by atoms with E-state index in [1.807, 2.05) is 18.2 Å². The maximum atomic E-state index is 12.2. The Labute approximate surface area is 150 Å². The van der Waals surface area contributed by atoms with Gasteiger partial charge in [0.15, 0.2) is 11.5 Å². The van der Waals surface area contributed by atoms with E-state index in [-0.39, 0.29) is 19.3 Å². The van der Waals surface area contributed by atoms with E-state index in [9.17, 15) is 9.90 Å². The lowest BCUT2D eigenvalue weighted by Crippen LogP contribution is -2.25. The van der Waals surface area contributed by atoms with Gasteiger partial charge in [-0.2, -0.15) is 0 Å². The summed E-state index contributed by atoms with van der Waals surface area (Å²) in [5.74, 6) is 0.240. The molecule has 0 aromatic heterocycles. The number of cyclic esters (lactones) is 1. The van der Waals surface area contributed by atoms with E-state index in [1.165, 1.54) is 0 Å². The van der Waals surface area contributed by atoms with Crippen molar-refractivity contribution in [3.05, 3.63) is 58.6 Å². The van der Waals surface area contributed by atoms with Gasteiger partial charge in [0.2, 0.25) is 6.79 Å². The van der Waals surface area contributed by atoms with Gasteiger partial charge in [-0.25, -0.2) is 0 Å². The smallest absolute Gasteiger partial charge is 0.312 e. The lowest BCUT2D eigenvalue weighted by molar-refractivity contribution is -0.144. The first-order valence-corrected chi connectivity index (χ1v) is 8.49. The highest BCUT2D eigenvalue weighted by molar-refractivity contribution is 6.31. The van der Waals surface area contributed by atoms with Gasteiger partial charge in [-0.1, -0.05) is 35.9 Å². The van der Waals surface area contributed by atoms with Crippen LogP contribution in [0.15, 0.2) is 42.5 Å². The van der Waals surface area contributed by atoms with Gasteiger partial charge in [-0.15, -0.1) is 0 Å². The molecule has 1 fully saturated rings. The zero-order valence-electron chi connectivity index (χ0n) is 13.4. The molecule has 0 aliphatic carbocycles. The van der Waals surface area contributed by atoms with E-state index in [0.717, 1.165) is 11.3 Å². The zero-order valence-corrected chi connectivity index (χ0v) is 14.1. The molecule has 0 amide bonds. The number of esters is 1. The minimum absolute atomic E-state index is 0.140. The highest BCUT2D eigenvalue weighted by atomic mass is 35.5. The number of benzene rings is 2. The number of aliphatic hydroxyl groups is 1. The quantitative estimate of drug-likeness (QED) is 0.848. The topological polar surface area (TPSA) is 65.0 Å². The molecule has 2 aliphatic heterocycles. The molecule has 0 radical (unpaired) electrons. The summed E-state index contributed by atoms with van der Waals surface area (Å²) in [4.78, 5) is 12.2. The first kappa shape index (κ1) is 16.2. The van der Waals surface area contributed by atoms with Gasteiger partial charge < -0.3 is 19.3 Å². The van der Waals surface area contributed by atoms with E-state index in [4.69, 9.17) is 25.8 Å². The number of carbonyl (C=O) groups excluding carboxylic acids is 1. The van der Waals surface area contributed by atoms with E-state index in [2.05, 4.69) is 0 Å². The first-order valence-electron chi connectivity index (χ1n) is 8.11. The van der Waals surface area contributed by atoms with Crippen molar-refractivity contribution in [3.63, 3.8) is 0 Å². The molecular weight excluding hydrogens is 344 g/mol. The number of carbonyl (C=O) groups is 1. The van der Waals surface area contributed by atoms with Crippen LogP contribution in [-0.4, -0.2) is 24.5 Å². The zero-order chi connectivity index (χ0) is 17.4. The standard InChI is InChI=1S/C19H17ClO5/c20-14-4-2-1-3-13(14)18(21)17-12(9-23-19(17)22)7-11-5-6-15-16(8-11)25-10-24-15/h1-6,8,12,17-18,21H,7,9-10H2/t12-,17-,18+/m0/s1. The van der Waals surface area contributed by atoms with Gasteiger partial charge >= 0.3 is 5.97 Å². The second-order valence-corrected chi connectivity index (χ2v) is 6.68. The largest absolute Gasteiger partial charge is 0.465 e. The Kier molecular flexibility index (Phi) is 4.27. The molecule has 2 heterocycles. The Hall–Kier alpha value is -2.24. The second-order valence-electron chi connectivity index (χ2n) is 6.27. The summed E-state index contributed by atoms with van der Waals surface area (Å²) in [6.07, 6.45) is -0.406. The van der Waals surface area contributed by atoms with Crippen LogP contribution in [0.3, 0.4) is 0 Å². The summed E-state index contributed by atoms with van der Waals surface area (Å²) in [6, 6.07) is 12.7. The molecule has 1 N–H and O–H groups in total. The van der Waals surface area contributed by atoms with Crippen LogP contribution in [0.1, 0.15) is 17.2 Å². The van der Waals surface area contributed by atoms with Gasteiger partial charge in [-0.3, -0.25) is 4.79 Å². The van der Waals surface area contributed by atoms with Crippen LogP contribution >= 0.6 is 11.6 Å². The maximum absolute atomic E-state index is 12.2. The number of hydrogen-bond donors (Lipinski definition) is 1. The highest BCUT2D eigenvalue weighted by Gasteiger charge is 2.43. The van der Waals surface area contributed by atoms with Gasteiger partial charge in [0.25, 0.3) is 0 Å². The monoisotopic (exact) mass is 360 g/mol. The Bertz CT molecular complexity index is 806. The fourth-order valence-electron chi connectivity index (χ4n) is 3.43. The third kappa shape index (κ3) is 3.05. The molecular formula is C19H17ClO5. The fourth-order valence-corrected chi connectivity index (χ4v) is 3.68. The second kappa shape index (κ2) is 6.58. The third-order valence-electron chi connectivity index (χ3n) is 4.72. The molecule has 5 nitrogen and oxygen atoms in total. The Morgan fingerprint density at radius 3 is 2.76 bits per heavy atom. The van der Waals surface area contributed by atoms with E-state index in [0.29, 0.717) is 22.8 Å². The average Bonchev–Trinajstić information content (AvgIpc) is 3.21. The lowest BCUT2D eigenvalue weighted by Gasteiger charge is -2.22. The molecule has 0 bridgehead atoms. The fraction of sp³-hybridized carbons (Fsp3) is 0.316. The van der Waals surface area contributed by atoms with Gasteiger partial charge in [0.05, 0.1) is 18.6 Å². The van der Waals surface area contributed by atoms with Crippen LogP contribution in [0.2, 0.25) is 5.02 Å². The number of hydrogen-bond acceptors (Lipinski definition) is 5. The van der Waals surface area contributed by atoms with Crippen molar-refractivity contribution in [2.75, 3.05) is 13.4 Å². The van der Waals surface area contributed by atoms with Crippen molar-refractivity contribution in [1.29, 1.82) is 0 Å². The van der Waals surface area contributed by atoms with Crippen molar-refractivity contribution < 1.29 is 24.1 Å². The summed E-state index contributed by atoms with van der Waals surface area (Å²) >= 11 is 6.17. The van der Waals surface area contributed by atoms with Crippen LogP contribution in [0, 0.1) is 11.8 Å². The van der Waals surface area contributed by atoms with Crippen molar-refractivity contribution in [2.45, 2.75) is 12.5 Å². The molecule has 0 spiro atoms. The number of aliphatic hydroxyl groups excluding tert-OH is 1. The third-order valence-corrected chi connectivity index (χ3v) is 5.06. The Balaban J connectivity index is 1.57. The van der Waals surface area contributed by atoms with Crippen LogP contribution in [0.25, 0.3) is 0 Å². The molecule has 3 atom stereocenters. The molecule has 25 heavy (non-hydrogen) atoms. The number of ether oxygens (including phenoxy) is 3. The lowest BCUT2D eigenvalue weighted by atomic mass is 9.83. The molecule has 2 aliphatic rings. The van der Waals surface area contributed by atoms with Crippen LogP contribution in [0.5, 0.6) is 11.5 Å². The molecule has 2 aromatic rings. The summed E-state index contributed by atoms with van der Waals surface area (Å²) in [5.41, 5.74) is 1.55. The van der Waals surface area contributed by atoms with E-state index in [1.54, 1.807) is 24.3 Å². The maximum Gasteiger partial charge on any atom is 0.312 e. The van der Waals surface area contributed by atoms with Crippen molar-refractivity contribution in [2.24, 2.45) is 11.8 Å². The molecule has 2 aromatic carbocycles. The number of fused-ring (bicyclic) bond motifs is 1. The van der Waals surface area contributed by atoms with Crippen LogP contribution in [0.4, 0.5) is 0 Å². The van der Waals surface area contributed by atoms with E-state index < -0.39 is 18.0 Å². The van der Waals surface area contributed by atoms with Crippen LogP contribution < -0.4 is 9.47 Å². The van der Waals surface area contributed by atoms with Gasteiger partial charge in [-0.05, 0) is 35.7 Å². The summed E-state index contributed by atoms with van der Waals surface area (Å²) < 4.78 is 15.9. The predicted octanol–water partition coefficient (Wildman–Crippen LogP) is 3.13. The molecule has 1 saturated heterocycles. The Morgan fingerprint density at radius 2 is 1.92 bits per heavy atom. The van der Waals surface area contributed by atoms with Crippen molar-refractivity contribution in [3.8, 4) is 11.5 Å².